The molecule has 9 heteroatoms. The van der Waals surface area contributed by atoms with Gasteiger partial charge in [0.1, 0.15) is 13.2 Å². The second-order valence-electron chi connectivity index (χ2n) is 21.6. The van der Waals surface area contributed by atoms with E-state index in [1.807, 2.05) is 21.1 Å². The maximum Gasteiger partial charge on any atom is 0.361 e. The average molecular weight is 1100 g/mol. The summed E-state index contributed by atoms with van der Waals surface area (Å²) in [4.78, 5) is 37.4. The standard InChI is InChI=1S/C70H115NO8/c1-6-8-10-12-14-16-18-20-21-22-23-24-25-26-27-28-29-30-31-32-33-34-35-36-37-38-39-40-41-42-43-44-45-46-47-49-51-53-55-57-59-61-68(73)79-66(65-78-70(69(74)75)76-63-62-71(3,4)5)64-77-67(72)60-58-56-54-52-50-48-19-17-15-13-11-9-7-2/h8,10,14,16,20-21,23-24,26-27,29-30,32-33,35-36,38-39,41-42,44-45,66,70H,6-7,9,11-13,15,17-19,22,25,28,31,34,37,40,43,46-65H2,1-5H3/p+1/b10-8-,16-14-,21-20-,24-23-,27-26-,30-29-,33-32-,36-35-,39-38-,42-41-,45-44-. The Bertz CT molecular complexity index is 1750. The van der Waals surface area contributed by atoms with Gasteiger partial charge in [-0.25, -0.2) is 4.79 Å². The number of esters is 2. The zero-order valence-electron chi connectivity index (χ0n) is 51.0. The van der Waals surface area contributed by atoms with Crippen molar-refractivity contribution in [3.63, 3.8) is 0 Å². The molecule has 0 saturated carbocycles. The van der Waals surface area contributed by atoms with E-state index in [1.54, 1.807) is 0 Å². The topological polar surface area (TPSA) is 108 Å². The number of aliphatic carboxylic acids is 1. The Hall–Kier alpha value is -4.57. The lowest BCUT2D eigenvalue weighted by atomic mass is 10.0. The van der Waals surface area contributed by atoms with Gasteiger partial charge >= 0.3 is 17.9 Å². The number of ether oxygens (including phenoxy) is 4. The molecule has 2 unspecified atom stereocenters. The molecule has 0 aromatic carbocycles. The molecule has 9 nitrogen and oxygen atoms in total. The number of carboxylic acids is 1. The summed E-state index contributed by atoms with van der Waals surface area (Å²) in [5.41, 5.74) is 0. The number of hydrogen-bond donors (Lipinski definition) is 1. The molecule has 0 aromatic rings. The van der Waals surface area contributed by atoms with E-state index in [9.17, 15) is 19.5 Å². The van der Waals surface area contributed by atoms with E-state index in [0.717, 1.165) is 116 Å². The molecule has 448 valence electrons. The highest BCUT2D eigenvalue weighted by atomic mass is 16.7. The first-order valence-electron chi connectivity index (χ1n) is 31.3. The van der Waals surface area contributed by atoms with Crippen LogP contribution in [0, 0.1) is 0 Å². The van der Waals surface area contributed by atoms with Crippen molar-refractivity contribution >= 4 is 17.9 Å². The number of carbonyl (C=O) groups is 3. The van der Waals surface area contributed by atoms with Crippen LogP contribution in [0.5, 0.6) is 0 Å². The number of rotatable bonds is 56. The van der Waals surface area contributed by atoms with E-state index in [-0.39, 0.29) is 32.2 Å². The molecule has 0 heterocycles. The van der Waals surface area contributed by atoms with Gasteiger partial charge in [-0.15, -0.1) is 0 Å². The minimum absolute atomic E-state index is 0.180. The number of unbranched alkanes of at least 4 members (excludes halogenated alkanes) is 19. The molecular formula is C70H116NO8+. The zero-order valence-corrected chi connectivity index (χ0v) is 51.0. The van der Waals surface area contributed by atoms with Gasteiger partial charge < -0.3 is 28.5 Å². The van der Waals surface area contributed by atoms with E-state index >= 15 is 0 Å². The first-order chi connectivity index (χ1) is 38.6. The maximum atomic E-state index is 12.9. The highest BCUT2D eigenvalue weighted by Gasteiger charge is 2.25. The fourth-order valence-corrected chi connectivity index (χ4v) is 8.14. The third-order valence-electron chi connectivity index (χ3n) is 12.9. The second kappa shape index (κ2) is 59.5. The lowest BCUT2D eigenvalue weighted by molar-refractivity contribution is -0.870. The number of quaternary nitrogens is 1. The smallest absolute Gasteiger partial charge is 0.361 e. The molecule has 0 saturated heterocycles. The predicted molar refractivity (Wildman–Crippen MR) is 336 cm³/mol. The van der Waals surface area contributed by atoms with Crippen LogP contribution in [0.1, 0.15) is 232 Å². The summed E-state index contributed by atoms with van der Waals surface area (Å²) >= 11 is 0. The Morgan fingerprint density at radius 2 is 0.722 bits per heavy atom. The number of carboxylic acid groups (broad SMARTS) is 1. The molecule has 2 atom stereocenters. The summed E-state index contributed by atoms with van der Waals surface area (Å²) < 4.78 is 22.8. The van der Waals surface area contributed by atoms with E-state index in [4.69, 9.17) is 18.9 Å². The molecule has 1 N–H and O–H groups in total. The van der Waals surface area contributed by atoms with Crippen molar-refractivity contribution in [2.75, 3.05) is 47.5 Å². The molecule has 0 aliphatic heterocycles. The highest BCUT2D eigenvalue weighted by molar-refractivity contribution is 5.71. The summed E-state index contributed by atoms with van der Waals surface area (Å²) in [5.74, 6) is -2.03. The fourth-order valence-electron chi connectivity index (χ4n) is 8.14. The van der Waals surface area contributed by atoms with Gasteiger partial charge in [0, 0.05) is 12.8 Å². The summed E-state index contributed by atoms with van der Waals surface area (Å²) in [7, 11) is 5.96. The molecule has 0 rings (SSSR count). The molecular weight excluding hydrogens is 983 g/mol. The van der Waals surface area contributed by atoms with Crippen LogP contribution in [-0.2, 0) is 33.3 Å². The van der Waals surface area contributed by atoms with Gasteiger partial charge in [-0.3, -0.25) is 9.59 Å². The van der Waals surface area contributed by atoms with Gasteiger partial charge in [-0.1, -0.05) is 257 Å². The van der Waals surface area contributed by atoms with Crippen molar-refractivity contribution in [2.45, 2.75) is 245 Å². The monoisotopic (exact) mass is 1100 g/mol. The largest absolute Gasteiger partial charge is 0.477 e. The van der Waals surface area contributed by atoms with Gasteiger partial charge in [0.2, 0.25) is 0 Å². The average Bonchev–Trinajstić information content (AvgIpc) is 3.42. The molecule has 79 heavy (non-hydrogen) atoms. The summed E-state index contributed by atoms with van der Waals surface area (Å²) in [5, 5.41) is 9.70. The minimum Gasteiger partial charge on any atom is -0.477 e. The summed E-state index contributed by atoms with van der Waals surface area (Å²) in [6.45, 7) is 4.74. The van der Waals surface area contributed by atoms with Crippen molar-refractivity contribution in [3.05, 3.63) is 134 Å². The number of nitrogens with zero attached hydrogens (tertiary/aromatic N) is 1. The molecule has 0 amide bonds. The highest BCUT2D eigenvalue weighted by Crippen LogP contribution is 2.15. The molecule has 0 aliphatic carbocycles. The third-order valence-corrected chi connectivity index (χ3v) is 12.9. The second-order valence-corrected chi connectivity index (χ2v) is 21.6. The van der Waals surface area contributed by atoms with Crippen molar-refractivity contribution in [1.82, 2.24) is 0 Å². The Morgan fingerprint density at radius 1 is 0.392 bits per heavy atom. The first-order valence-corrected chi connectivity index (χ1v) is 31.3. The third kappa shape index (κ3) is 60.9. The van der Waals surface area contributed by atoms with E-state index in [2.05, 4.69) is 148 Å². The Labute approximate surface area is 484 Å². The van der Waals surface area contributed by atoms with Crippen LogP contribution in [0.15, 0.2) is 134 Å². The molecule has 0 aromatic heterocycles. The van der Waals surface area contributed by atoms with E-state index in [0.29, 0.717) is 23.9 Å². The minimum atomic E-state index is -1.52. The lowest BCUT2D eigenvalue weighted by Gasteiger charge is -2.25. The van der Waals surface area contributed by atoms with Crippen LogP contribution in [0.4, 0.5) is 0 Å². The van der Waals surface area contributed by atoms with Crippen LogP contribution in [0.2, 0.25) is 0 Å². The zero-order chi connectivity index (χ0) is 57.6. The quantitative estimate of drug-likeness (QED) is 0.0211. The Morgan fingerprint density at radius 3 is 1.08 bits per heavy atom. The molecule has 0 radical (unpaired) electrons. The van der Waals surface area contributed by atoms with Crippen LogP contribution < -0.4 is 0 Å². The SMILES string of the molecule is CC/C=C\C/C=C\C/C=C\C/C=C\C/C=C\C/C=C\C/C=C\C/C=C\C/C=C\C/C=C\C/C=C\CCCCCCCCCC(=O)OC(COC(=O)CCCCCCCCCCCCCCC)COC(OCC[N+](C)(C)C)C(=O)O. The summed E-state index contributed by atoms with van der Waals surface area (Å²) in [6, 6.07) is 0. The predicted octanol–water partition coefficient (Wildman–Crippen LogP) is 19.0. The normalized spacial score (nSPS) is 13.7. The Kier molecular flexibility index (Phi) is 56.1. The number of carbonyl (C=O) groups excluding carboxylic acids is 2. The lowest BCUT2D eigenvalue weighted by Crippen LogP contribution is -2.40. The molecule has 0 spiro atoms. The van der Waals surface area contributed by atoms with Gasteiger partial charge in [0.15, 0.2) is 6.10 Å². The number of hydrogen-bond acceptors (Lipinski definition) is 7. The van der Waals surface area contributed by atoms with Crippen molar-refractivity contribution in [2.24, 2.45) is 0 Å². The van der Waals surface area contributed by atoms with E-state index < -0.39 is 24.3 Å². The summed E-state index contributed by atoms with van der Waals surface area (Å²) in [6.07, 6.45) is 82.6. The maximum absolute atomic E-state index is 12.9. The van der Waals surface area contributed by atoms with Crippen LogP contribution in [0.25, 0.3) is 0 Å². The van der Waals surface area contributed by atoms with E-state index in [1.165, 1.54) is 83.5 Å². The van der Waals surface area contributed by atoms with Crippen LogP contribution in [-0.4, -0.2) is 87.4 Å². The van der Waals surface area contributed by atoms with Crippen molar-refractivity contribution < 1.29 is 42.9 Å². The van der Waals surface area contributed by atoms with Crippen molar-refractivity contribution in [1.29, 1.82) is 0 Å². The molecule has 0 bridgehead atoms. The fraction of sp³-hybridized carbons (Fsp3) is 0.643. The van der Waals surface area contributed by atoms with Crippen LogP contribution >= 0.6 is 0 Å². The van der Waals surface area contributed by atoms with Crippen LogP contribution in [0.3, 0.4) is 0 Å². The van der Waals surface area contributed by atoms with Gasteiger partial charge in [-0.2, -0.15) is 0 Å². The number of allylic oxidation sites excluding steroid dienone is 22. The number of likely N-dealkylation sites (N-methyl/N-ethyl adjacent to an activating group) is 1. The first kappa shape index (κ1) is 74.4. The molecule has 0 aliphatic rings. The van der Waals surface area contributed by atoms with Crippen molar-refractivity contribution in [3.8, 4) is 0 Å². The van der Waals surface area contributed by atoms with Gasteiger partial charge in [0.25, 0.3) is 6.29 Å². The Balaban J connectivity index is 4.16. The van der Waals surface area contributed by atoms with Gasteiger partial charge in [0.05, 0.1) is 34.4 Å². The van der Waals surface area contributed by atoms with Gasteiger partial charge in [-0.05, 0) is 96.3 Å². The molecule has 0 fully saturated rings.